The molecule has 98 valence electrons. The van der Waals surface area contributed by atoms with E-state index in [1.807, 2.05) is 18.2 Å². The van der Waals surface area contributed by atoms with Crippen LogP contribution in [0.3, 0.4) is 0 Å². The molecule has 1 atom stereocenters. The van der Waals surface area contributed by atoms with Crippen molar-refractivity contribution in [1.82, 2.24) is 10.3 Å². The van der Waals surface area contributed by atoms with Gasteiger partial charge in [0.05, 0.1) is 5.92 Å². The van der Waals surface area contributed by atoms with Crippen LogP contribution in [0.4, 0.5) is 11.6 Å². The van der Waals surface area contributed by atoms with Crippen molar-refractivity contribution in [2.75, 3.05) is 30.5 Å². The molecule has 6 heteroatoms. The van der Waals surface area contributed by atoms with Gasteiger partial charge in [-0.2, -0.15) is 0 Å². The summed E-state index contributed by atoms with van der Waals surface area (Å²) in [6.07, 6.45) is 1.94. The van der Waals surface area contributed by atoms with Gasteiger partial charge in [-0.15, -0.1) is 0 Å². The Bertz CT molecular complexity index is 423. The molecular weight excluding hydrogens is 230 g/mol. The molecule has 0 radical (unpaired) electrons. The lowest BCUT2D eigenvalue weighted by atomic mass is 9.97. The average Bonchev–Trinajstić information content (AvgIpc) is 2.46. The first-order chi connectivity index (χ1) is 8.74. The number of nitrogen functional groups attached to an aromatic ring is 1. The van der Waals surface area contributed by atoms with Crippen molar-refractivity contribution in [3.05, 3.63) is 18.2 Å². The van der Waals surface area contributed by atoms with Crippen LogP contribution in [0, 0.1) is 5.92 Å². The molecule has 2 rings (SSSR count). The number of carbonyl (C=O) groups excluding carboxylic acids is 1. The Kier molecular flexibility index (Phi) is 3.99. The van der Waals surface area contributed by atoms with E-state index in [4.69, 9.17) is 5.84 Å². The van der Waals surface area contributed by atoms with Crippen LogP contribution in [-0.2, 0) is 4.79 Å². The molecule has 0 saturated carbocycles. The zero-order valence-corrected chi connectivity index (χ0v) is 10.5. The monoisotopic (exact) mass is 249 g/mol. The highest BCUT2D eigenvalue weighted by Crippen LogP contribution is 2.22. The smallest absolute Gasteiger partial charge is 0.224 e. The van der Waals surface area contributed by atoms with Gasteiger partial charge in [-0.25, -0.2) is 10.8 Å². The van der Waals surface area contributed by atoms with Gasteiger partial charge in [-0.05, 0) is 25.0 Å². The SMILES string of the molecule is CNC(=O)C1CCCN(c2cccc(NN)n2)C1. The van der Waals surface area contributed by atoms with E-state index in [1.165, 1.54) is 0 Å². The summed E-state index contributed by atoms with van der Waals surface area (Å²) >= 11 is 0. The van der Waals surface area contributed by atoms with E-state index in [1.54, 1.807) is 7.05 Å². The molecule has 6 nitrogen and oxygen atoms in total. The van der Waals surface area contributed by atoms with E-state index in [-0.39, 0.29) is 11.8 Å². The molecule has 0 spiro atoms. The fraction of sp³-hybridized carbons (Fsp3) is 0.500. The van der Waals surface area contributed by atoms with E-state index >= 15 is 0 Å². The molecule has 1 amide bonds. The van der Waals surface area contributed by atoms with Gasteiger partial charge < -0.3 is 15.6 Å². The molecule has 0 aromatic carbocycles. The lowest BCUT2D eigenvalue weighted by molar-refractivity contribution is -0.124. The molecule has 0 aliphatic carbocycles. The third kappa shape index (κ3) is 2.70. The number of nitrogens with two attached hydrogens (primary N) is 1. The van der Waals surface area contributed by atoms with Gasteiger partial charge >= 0.3 is 0 Å². The van der Waals surface area contributed by atoms with Crippen molar-refractivity contribution in [3.8, 4) is 0 Å². The number of rotatable bonds is 3. The fourth-order valence-corrected chi connectivity index (χ4v) is 2.28. The number of carbonyl (C=O) groups is 1. The van der Waals surface area contributed by atoms with E-state index in [9.17, 15) is 4.79 Å². The van der Waals surface area contributed by atoms with Gasteiger partial charge in [0.25, 0.3) is 0 Å². The molecule has 1 fully saturated rings. The zero-order chi connectivity index (χ0) is 13.0. The van der Waals surface area contributed by atoms with Gasteiger partial charge in [-0.1, -0.05) is 6.07 Å². The van der Waals surface area contributed by atoms with Gasteiger partial charge in [0.2, 0.25) is 5.91 Å². The molecule has 18 heavy (non-hydrogen) atoms. The summed E-state index contributed by atoms with van der Waals surface area (Å²) in [5.74, 6) is 6.99. The van der Waals surface area contributed by atoms with Crippen LogP contribution < -0.4 is 21.5 Å². The maximum absolute atomic E-state index is 11.7. The summed E-state index contributed by atoms with van der Waals surface area (Å²) in [5, 5.41) is 2.71. The van der Waals surface area contributed by atoms with Crippen LogP contribution in [0.25, 0.3) is 0 Å². The molecule has 1 saturated heterocycles. The number of amides is 1. The highest BCUT2D eigenvalue weighted by atomic mass is 16.1. The number of nitrogens with zero attached hydrogens (tertiary/aromatic N) is 2. The average molecular weight is 249 g/mol. The number of aromatic nitrogens is 1. The number of hydrazine groups is 1. The van der Waals surface area contributed by atoms with Crippen LogP contribution in [0.15, 0.2) is 18.2 Å². The Labute approximate surface area is 107 Å². The second-order valence-electron chi connectivity index (χ2n) is 4.42. The lowest BCUT2D eigenvalue weighted by Crippen LogP contribution is -2.42. The molecule has 1 aliphatic rings. The summed E-state index contributed by atoms with van der Waals surface area (Å²) in [5.41, 5.74) is 2.53. The van der Waals surface area contributed by atoms with Crippen LogP contribution in [0.2, 0.25) is 0 Å². The lowest BCUT2D eigenvalue weighted by Gasteiger charge is -2.32. The Balaban J connectivity index is 2.10. The van der Waals surface area contributed by atoms with Gasteiger partial charge in [0, 0.05) is 20.1 Å². The number of nitrogens with one attached hydrogen (secondary N) is 2. The van der Waals surface area contributed by atoms with Crippen molar-refractivity contribution >= 4 is 17.5 Å². The maximum Gasteiger partial charge on any atom is 0.224 e. The van der Waals surface area contributed by atoms with E-state index < -0.39 is 0 Å². The molecule has 0 bridgehead atoms. The van der Waals surface area contributed by atoms with Crippen LogP contribution >= 0.6 is 0 Å². The predicted molar refractivity (Wildman–Crippen MR) is 71.1 cm³/mol. The van der Waals surface area contributed by atoms with Gasteiger partial charge in [0.1, 0.15) is 11.6 Å². The summed E-state index contributed by atoms with van der Waals surface area (Å²) in [7, 11) is 1.68. The molecule has 1 unspecified atom stereocenters. The predicted octanol–water partition coefficient (Wildman–Crippen LogP) is 0.330. The number of anilines is 2. The van der Waals surface area contributed by atoms with Crippen LogP contribution in [0.1, 0.15) is 12.8 Å². The number of hydrogen-bond acceptors (Lipinski definition) is 5. The quantitative estimate of drug-likeness (QED) is 0.531. The Morgan fingerprint density at radius 2 is 2.39 bits per heavy atom. The third-order valence-electron chi connectivity index (χ3n) is 3.24. The van der Waals surface area contributed by atoms with Crippen molar-refractivity contribution < 1.29 is 4.79 Å². The van der Waals surface area contributed by atoms with Gasteiger partial charge in [-0.3, -0.25) is 4.79 Å². The summed E-state index contributed by atoms with van der Waals surface area (Å²) in [4.78, 5) is 18.2. The first kappa shape index (κ1) is 12.6. The van der Waals surface area contributed by atoms with Crippen LogP contribution in [-0.4, -0.2) is 31.0 Å². The van der Waals surface area contributed by atoms with Crippen molar-refractivity contribution in [3.63, 3.8) is 0 Å². The molecular formula is C12H19N5O. The highest BCUT2D eigenvalue weighted by Gasteiger charge is 2.25. The van der Waals surface area contributed by atoms with E-state index in [0.717, 1.165) is 25.2 Å². The molecule has 2 heterocycles. The second kappa shape index (κ2) is 5.68. The summed E-state index contributed by atoms with van der Waals surface area (Å²) in [6, 6.07) is 5.65. The number of piperidine rings is 1. The summed E-state index contributed by atoms with van der Waals surface area (Å²) < 4.78 is 0. The second-order valence-corrected chi connectivity index (χ2v) is 4.42. The number of hydrogen-bond donors (Lipinski definition) is 3. The van der Waals surface area contributed by atoms with Crippen molar-refractivity contribution in [1.29, 1.82) is 0 Å². The highest BCUT2D eigenvalue weighted by molar-refractivity contribution is 5.79. The first-order valence-electron chi connectivity index (χ1n) is 6.15. The fourth-order valence-electron chi connectivity index (χ4n) is 2.28. The number of pyridine rings is 1. The van der Waals surface area contributed by atoms with E-state index in [2.05, 4.69) is 20.6 Å². The van der Waals surface area contributed by atoms with E-state index in [0.29, 0.717) is 12.4 Å². The van der Waals surface area contributed by atoms with Crippen molar-refractivity contribution in [2.24, 2.45) is 11.8 Å². The normalized spacial score (nSPS) is 19.4. The third-order valence-corrected chi connectivity index (χ3v) is 3.24. The Morgan fingerprint density at radius 1 is 1.56 bits per heavy atom. The van der Waals surface area contributed by atoms with Gasteiger partial charge in [0.15, 0.2) is 0 Å². The molecule has 1 aromatic heterocycles. The topological polar surface area (TPSA) is 83.3 Å². The minimum Gasteiger partial charge on any atom is -0.359 e. The molecule has 1 aliphatic heterocycles. The maximum atomic E-state index is 11.7. The van der Waals surface area contributed by atoms with Crippen LogP contribution in [0.5, 0.6) is 0 Å². The largest absolute Gasteiger partial charge is 0.359 e. The Hall–Kier alpha value is -1.82. The minimum absolute atomic E-state index is 0.0417. The summed E-state index contributed by atoms with van der Waals surface area (Å²) in [6.45, 7) is 1.63. The Morgan fingerprint density at radius 3 is 3.11 bits per heavy atom. The first-order valence-corrected chi connectivity index (χ1v) is 6.15. The molecule has 4 N–H and O–H groups in total. The van der Waals surface area contributed by atoms with Crippen molar-refractivity contribution in [2.45, 2.75) is 12.8 Å². The molecule has 1 aromatic rings. The minimum atomic E-state index is 0.0417. The standard InChI is InChI=1S/C12H19N5O/c1-14-12(18)9-4-3-7-17(8-9)11-6-2-5-10(15-11)16-13/h2,5-6,9H,3-4,7-8,13H2,1H3,(H,14,18)(H,15,16). The zero-order valence-electron chi connectivity index (χ0n) is 10.5.